The number of hydrogen-bond donors (Lipinski definition) is 2. The standard InChI is InChI=1S/C15H17FN2O4S/c16-10-1-3-12(4-2-10)22-8-11(19)7-18-13(20)15(17-14(18)21)5-6-23-9-15/h1-4,11,19H,5-9H2,(H,17,21)/t11-,15+/m0/s1. The first-order chi connectivity index (χ1) is 11.0. The zero-order valence-electron chi connectivity index (χ0n) is 12.3. The third kappa shape index (κ3) is 3.28. The third-order valence-corrected chi connectivity index (χ3v) is 5.11. The molecule has 1 spiro atoms. The third-order valence-electron chi connectivity index (χ3n) is 3.92. The van der Waals surface area contributed by atoms with E-state index >= 15 is 0 Å². The van der Waals surface area contributed by atoms with Crippen LogP contribution in [0.25, 0.3) is 0 Å². The number of nitrogens with zero attached hydrogens (tertiary/aromatic N) is 1. The van der Waals surface area contributed by atoms with E-state index in [-0.39, 0.29) is 24.9 Å². The number of β-amino-alcohol motifs (C(OH)–C–C–N with tert-alkyl or cyclic N) is 1. The SMILES string of the molecule is O=C1N[C@@]2(CCSC2)C(=O)N1C[C@H](O)COc1ccc(F)cc1. The number of benzene rings is 1. The fourth-order valence-electron chi connectivity index (χ4n) is 2.66. The Kier molecular flexibility index (Phi) is 4.45. The van der Waals surface area contributed by atoms with Crippen molar-refractivity contribution in [3.05, 3.63) is 30.1 Å². The molecule has 3 amide bonds. The molecule has 2 aliphatic rings. The molecular formula is C15H17FN2O4S. The van der Waals surface area contributed by atoms with Crippen LogP contribution < -0.4 is 10.1 Å². The normalized spacial score (nSPS) is 25.0. The first kappa shape index (κ1) is 16.1. The maximum atomic E-state index is 12.8. The molecule has 2 N–H and O–H groups in total. The van der Waals surface area contributed by atoms with Crippen LogP contribution in [0.5, 0.6) is 5.75 Å². The van der Waals surface area contributed by atoms with E-state index in [4.69, 9.17) is 4.74 Å². The molecule has 0 radical (unpaired) electrons. The number of carbonyl (C=O) groups excluding carboxylic acids is 2. The second-order valence-electron chi connectivity index (χ2n) is 5.65. The number of carbonyl (C=O) groups is 2. The van der Waals surface area contributed by atoms with Crippen molar-refractivity contribution < 1.29 is 23.8 Å². The van der Waals surface area contributed by atoms with Gasteiger partial charge in [-0.1, -0.05) is 0 Å². The molecule has 2 heterocycles. The van der Waals surface area contributed by atoms with Gasteiger partial charge in [0.25, 0.3) is 5.91 Å². The van der Waals surface area contributed by atoms with E-state index in [9.17, 15) is 19.1 Å². The van der Waals surface area contributed by atoms with Gasteiger partial charge in [0, 0.05) is 5.75 Å². The van der Waals surface area contributed by atoms with Crippen molar-refractivity contribution in [2.24, 2.45) is 0 Å². The maximum Gasteiger partial charge on any atom is 0.325 e. The Bertz CT molecular complexity index is 604. The Hall–Kier alpha value is -1.80. The van der Waals surface area contributed by atoms with Gasteiger partial charge < -0.3 is 15.2 Å². The van der Waals surface area contributed by atoms with E-state index in [0.717, 1.165) is 10.7 Å². The number of halogens is 1. The van der Waals surface area contributed by atoms with Crippen molar-refractivity contribution in [1.82, 2.24) is 10.2 Å². The summed E-state index contributed by atoms with van der Waals surface area (Å²) >= 11 is 1.63. The predicted molar refractivity (Wildman–Crippen MR) is 82.8 cm³/mol. The number of aliphatic hydroxyl groups is 1. The van der Waals surface area contributed by atoms with Crippen LogP contribution in [0.1, 0.15) is 6.42 Å². The highest BCUT2D eigenvalue weighted by Crippen LogP contribution is 2.33. The monoisotopic (exact) mass is 340 g/mol. The van der Waals surface area contributed by atoms with Crippen molar-refractivity contribution in [2.45, 2.75) is 18.1 Å². The van der Waals surface area contributed by atoms with Crippen molar-refractivity contribution in [3.63, 3.8) is 0 Å². The van der Waals surface area contributed by atoms with Gasteiger partial charge in [0.1, 0.15) is 29.8 Å². The number of rotatable bonds is 5. The number of ether oxygens (including phenoxy) is 1. The Labute approximate surface area is 137 Å². The first-order valence-corrected chi connectivity index (χ1v) is 8.44. The fraction of sp³-hybridized carbons (Fsp3) is 0.467. The highest BCUT2D eigenvalue weighted by Gasteiger charge is 2.53. The molecule has 6 nitrogen and oxygen atoms in total. The van der Waals surface area contributed by atoms with E-state index < -0.39 is 17.7 Å². The number of urea groups is 1. The van der Waals surface area contributed by atoms with Crippen molar-refractivity contribution in [3.8, 4) is 5.75 Å². The smallest absolute Gasteiger partial charge is 0.325 e. The Morgan fingerprint density at radius 1 is 1.39 bits per heavy atom. The highest BCUT2D eigenvalue weighted by atomic mass is 32.2. The summed E-state index contributed by atoms with van der Waals surface area (Å²) in [5.41, 5.74) is -0.806. The molecule has 0 unspecified atom stereocenters. The molecule has 2 atom stereocenters. The molecule has 0 aromatic heterocycles. The van der Waals surface area contributed by atoms with Crippen LogP contribution in [0.15, 0.2) is 24.3 Å². The van der Waals surface area contributed by atoms with Crippen molar-refractivity contribution >= 4 is 23.7 Å². The zero-order chi connectivity index (χ0) is 16.4. The molecule has 0 bridgehead atoms. The van der Waals surface area contributed by atoms with Crippen molar-refractivity contribution in [1.29, 1.82) is 0 Å². The fourth-order valence-corrected chi connectivity index (χ4v) is 3.99. The minimum atomic E-state index is -1.01. The summed E-state index contributed by atoms with van der Waals surface area (Å²) in [6, 6.07) is 4.92. The van der Waals surface area contributed by atoms with Gasteiger partial charge in [0.15, 0.2) is 0 Å². The largest absolute Gasteiger partial charge is 0.491 e. The number of hydrogen-bond acceptors (Lipinski definition) is 5. The van der Waals surface area contributed by atoms with Crippen LogP contribution in [0.3, 0.4) is 0 Å². The number of imide groups is 1. The Morgan fingerprint density at radius 3 is 2.78 bits per heavy atom. The summed E-state index contributed by atoms with van der Waals surface area (Å²) < 4.78 is 18.1. The second kappa shape index (κ2) is 6.37. The summed E-state index contributed by atoms with van der Waals surface area (Å²) in [5.74, 6) is 1.14. The Balaban J connectivity index is 1.55. The summed E-state index contributed by atoms with van der Waals surface area (Å²) in [7, 11) is 0. The minimum absolute atomic E-state index is 0.0928. The zero-order valence-corrected chi connectivity index (χ0v) is 13.1. The molecule has 8 heteroatoms. The van der Waals surface area contributed by atoms with E-state index in [1.54, 1.807) is 11.8 Å². The first-order valence-electron chi connectivity index (χ1n) is 7.28. The highest BCUT2D eigenvalue weighted by molar-refractivity contribution is 7.99. The maximum absolute atomic E-state index is 12.8. The lowest BCUT2D eigenvalue weighted by Crippen LogP contribution is -2.47. The molecule has 124 valence electrons. The van der Waals surface area contributed by atoms with Crippen LogP contribution in [0.2, 0.25) is 0 Å². The summed E-state index contributed by atoms with van der Waals surface area (Å²) in [5, 5.41) is 12.8. The van der Waals surface area contributed by atoms with Crippen LogP contribution in [0.4, 0.5) is 9.18 Å². The lowest BCUT2D eigenvalue weighted by atomic mass is 9.99. The molecule has 1 aromatic rings. The second-order valence-corrected chi connectivity index (χ2v) is 6.75. The van der Waals surface area contributed by atoms with Gasteiger partial charge >= 0.3 is 6.03 Å². The van der Waals surface area contributed by atoms with Crippen LogP contribution in [-0.4, -0.2) is 58.2 Å². The minimum Gasteiger partial charge on any atom is -0.491 e. The van der Waals surface area contributed by atoms with Gasteiger partial charge in [-0.05, 0) is 36.4 Å². The number of nitrogens with one attached hydrogen (secondary N) is 1. The molecule has 3 rings (SSSR count). The van der Waals surface area contributed by atoms with Gasteiger partial charge in [-0.3, -0.25) is 9.69 Å². The molecule has 2 aliphatic heterocycles. The topological polar surface area (TPSA) is 78.9 Å². The summed E-state index contributed by atoms with van der Waals surface area (Å²) in [6.45, 7) is -0.220. The average molecular weight is 340 g/mol. The van der Waals surface area contributed by atoms with Gasteiger partial charge in [-0.25, -0.2) is 9.18 Å². The molecule has 2 saturated heterocycles. The van der Waals surface area contributed by atoms with E-state index in [1.165, 1.54) is 24.3 Å². The lowest BCUT2D eigenvalue weighted by molar-refractivity contribution is -0.131. The average Bonchev–Trinajstić information content (AvgIpc) is 3.08. The summed E-state index contributed by atoms with van der Waals surface area (Å²) in [4.78, 5) is 25.5. The number of aliphatic hydroxyl groups excluding tert-OH is 1. The van der Waals surface area contributed by atoms with E-state index in [1.807, 2.05) is 0 Å². The van der Waals surface area contributed by atoms with Gasteiger partial charge in [-0.15, -0.1) is 0 Å². The van der Waals surface area contributed by atoms with Gasteiger partial charge in [-0.2, -0.15) is 11.8 Å². The molecule has 2 fully saturated rings. The molecule has 0 aliphatic carbocycles. The Morgan fingerprint density at radius 2 is 2.13 bits per heavy atom. The molecule has 23 heavy (non-hydrogen) atoms. The quantitative estimate of drug-likeness (QED) is 0.782. The van der Waals surface area contributed by atoms with Gasteiger partial charge in [0.2, 0.25) is 0 Å². The molecular weight excluding hydrogens is 323 g/mol. The van der Waals surface area contributed by atoms with E-state index in [2.05, 4.69) is 5.32 Å². The van der Waals surface area contributed by atoms with Gasteiger partial charge in [0.05, 0.1) is 6.54 Å². The number of amides is 3. The lowest BCUT2D eigenvalue weighted by Gasteiger charge is -2.21. The van der Waals surface area contributed by atoms with Crippen LogP contribution in [-0.2, 0) is 4.79 Å². The molecule has 0 saturated carbocycles. The molecule has 1 aromatic carbocycles. The predicted octanol–water partition coefficient (Wildman–Crippen LogP) is 0.993. The van der Waals surface area contributed by atoms with E-state index in [0.29, 0.717) is 17.9 Å². The van der Waals surface area contributed by atoms with Crippen molar-refractivity contribution in [2.75, 3.05) is 24.7 Å². The number of thioether (sulfide) groups is 1. The van der Waals surface area contributed by atoms with Crippen LogP contribution >= 0.6 is 11.8 Å². The van der Waals surface area contributed by atoms with Crippen LogP contribution in [0, 0.1) is 5.82 Å². The summed E-state index contributed by atoms with van der Waals surface area (Å²) in [6.07, 6.45) is -0.403.